The van der Waals surface area contributed by atoms with Gasteiger partial charge in [0.05, 0.1) is 16.9 Å². The molecule has 9 rings (SSSR count). The Morgan fingerprint density at radius 2 is 1.33 bits per heavy atom. The minimum absolute atomic E-state index is 0. The minimum Gasteiger partial charge on any atom is -0.353 e. The van der Waals surface area contributed by atoms with E-state index in [-0.39, 0.29) is 33.2 Å². The van der Waals surface area contributed by atoms with E-state index in [1.165, 1.54) is 11.0 Å². The number of fused-ring (bicyclic) bond motifs is 3. The maximum Gasteiger partial charge on any atom is 2.00 e. The van der Waals surface area contributed by atoms with Crippen molar-refractivity contribution in [3.8, 4) is 28.3 Å². The van der Waals surface area contributed by atoms with E-state index in [9.17, 15) is 0 Å². The summed E-state index contributed by atoms with van der Waals surface area (Å²) in [5, 5.41) is 0. The second kappa shape index (κ2) is 13.6. The van der Waals surface area contributed by atoms with Crippen molar-refractivity contribution >= 4 is 51.2 Å². The molecule has 0 fully saturated rings. The van der Waals surface area contributed by atoms with Crippen molar-refractivity contribution < 1.29 is 21.1 Å². The van der Waals surface area contributed by atoms with Gasteiger partial charge in [0.1, 0.15) is 0 Å². The summed E-state index contributed by atoms with van der Waals surface area (Å²) in [4.78, 5) is 12.4. The van der Waals surface area contributed by atoms with E-state index in [1.54, 1.807) is 0 Å². The number of anilines is 3. The summed E-state index contributed by atoms with van der Waals surface area (Å²) in [7, 11) is 0. The predicted molar refractivity (Wildman–Crippen MR) is 212 cm³/mol. The van der Waals surface area contributed by atoms with Crippen LogP contribution < -0.4 is 21.3 Å². The monoisotopic (exact) mass is 849 g/mol. The van der Waals surface area contributed by atoms with E-state index >= 15 is 0 Å². The maximum atomic E-state index is 5.21. The molecule has 8 aromatic rings. The van der Waals surface area contributed by atoms with E-state index < -0.39 is 0 Å². The number of imidazole rings is 1. The van der Waals surface area contributed by atoms with Gasteiger partial charge in [0.2, 0.25) is 6.71 Å². The standard InChI is InChI=1S/C46H35BN4.Pt/c1-46(2,3)34-27-28-48-41(31-34)32-15-14-16-35(29-32)47-38-21-10-12-23-42(38)50(36-17-6-4-7-18-36)43-26-25-33(30-39(43)47)45-49-40-22-11-13-24-44(40)51(45)37-19-8-5-9-20-37;/h4-28,31H,1-3H3;/q-2;+2. The summed E-state index contributed by atoms with van der Waals surface area (Å²) >= 11 is 0. The van der Waals surface area contributed by atoms with Gasteiger partial charge in [0, 0.05) is 23.3 Å². The number of rotatable bonds is 5. The summed E-state index contributed by atoms with van der Waals surface area (Å²) in [6.45, 7) is 6.58. The Morgan fingerprint density at radius 3 is 2.12 bits per heavy atom. The first-order valence-corrected chi connectivity index (χ1v) is 17.5. The van der Waals surface area contributed by atoms with Crippen LogP contribution in [-0.4, -0.2) is 21.2 Å². The second-order valence-electron chi connectivity index (χ2n) is 14.1. The molecule has 6 aromatic carbocycles. The molecule has 0 aliphatic carbocycles. The Kier molecular flexibility index (Phi) is 8.77. The average Bonchev–Trinajstić information content (AvgIpc) is 3.57. The first-order chi connectivity index (χ1) is 24.9. The topological polar surface area (TPSA) is 34.0 Å². The van der Waals surface area contributed by atoms with Gasteiger partial charge in [-0.25, -0.2) is 0 Å². The van der Waals surface area contributed by atoms with Crippen molar-refractivity contribution in [3.05, 3.63) is 176 Å². The molecular weight excluding hydrogens is 814 g/mol. The SMILES string of the molecule is CC(C)(C)c1ccnc(-c2[c-]c(B3c4[c-]c(-c5nc6ccccc6n5-c5ccccc5)ccc4N(c4ccccc4)c4ccccc43)ccc2)c1.[Pt+2]. The fourth-order valence-electron chi connectivity index (χ4n) is 7.34. The number of benzene rings is 6. The van der Waals surface area contributed by atoms with Crippen LogP contribution in [0.25, 0.3) is 39.4 Å². The molecule has 0 N–H and O–H groups in total. The molecule has 3 heterocycles. The molecule has 1 aliphatic rings. The Morgan fingerprint density at radius 1 is 0.615 bits per heavy atom. The predicted octanol–water partition coefficient (Wildman–Crippen LogP) is 8.95. The third-order valence-corrected chi connectivity index (χ3v) is 9.83. The van der Waals surface area contributed by atoms with Gasteiger partial charge in [-0.1, -0.05) is 93.6 Å². The first-order valence-electron chi connectivity index (χ1n) is 17.5. The molecule has 0 unspecified atom stereocenters. The van der Waals surface area contributed by atoms with Gasteiger partial charge in [0.25, 0.3) is 0 Å². The molecule has 0 radical (unpaired) electrons. The molecule has 6 heteroatoms. The Bertz CT molecular complexity index is 2540. The zero-order valence-electron chi connectivity index (χ0n) is 29.2. The number of pyridine rings is 1. The third kappa shape index (κ3) is 5.89. The number of hydrogen-bond donors (Lipinski definition) is 0. The van der Waals surface area contributed by atoms with Crippen LogP contribution in [0.1, 0.15) is 26.3 Å². The summed E-state index contributed by atoms with van der Waals surface area (Å²) in [6.07, 6.45) is 1.91. The Balaban J connectivity index is 0.00000387. The summed E-state index contributed by atoms with van der Waals surface area (Å²) in [5.74, 6) is 0.856. The van der Waals surface area contributed by atoms with Gasteiger partial charge in [-0.3, -0.25) is 4.98 Å². The molecular formula is C46H35BN4Pt. The number of para-hydroxylation sites is 5. The van der Waals surface area contributed by atoms with Gasteiger partial charge in [-0.2, -0.15) is 5.46 Å². The minimum atomic E-state index is -0.128. The average molecular weight is 850 g/mol. The van der Waals surface area contributed by atoms with Crippen LogP contribution in [0, 0.1) is 12.1 Å². The van der Waals surface area contributed by atoms with E-state index in [1.807, 2.05) is 18.3 Å². The zero-order valence-corrected chi connectivity index (χ0v) is 31.5. The summed E-state index contributed by atoms with van der Waals surface area (Å²) < 4.78 is 2.24. The molecule has 0 spiro atoms. The van der Waals surface area contributed by atoms with Crippen molar-refractivity contribution in [3.63, 3.8) is 0 Å². The van der Waals surface area contributed by atoms with Crippen LogP contribution in [0.15, 0.2) is 158 Å². The van der Waals surface area contributed by atoms with Crippen LogP contribution in [0.5, 0.6) is 0 Å². The third-order valence-electron chi connectivity index (χ3n) is 9.83. The number of nitrogens with zero attached hydrogens (tertiary/aromatic N) is 4. The van der Waals surface area contributed by atoms with E-state index in [0.29, 0.717) is 0 Å². The van der Waals surface area contributed by atoms with E-state index in [0.717, 1.165) is 67.4 Å². The van der Waals surface area contributed by atoms with E-state index in [2.05, 4.69) is 182 Å². The smallest absolute Gasteiger partial charge is 0.353 e. The van der Waals surface area contributed by atoms with Crippen molar-refractivity contribution in [1.82, 2.24) is 14.5 Å². The fourth-order valence-corrected chi connectivity index (χ4v) is 7.34. The molecule has 252 valence electrons. The Labute approximate surface area is 320 Å². The zero-order chi connectivity index (χ0) is 34.5. The van der Waals surface area contributed by atoms with Crippen LogP contribution in [-0.2, 0) is 26.5 Å². The molecule has 0 saturated heterocycles. The fraction of sp³-hybridized carbons (Fsp3) is 0.0870. The van der Waals surface area contributed by atoms with Crippen molar-refractivity contribution in [2.75, 3.05) is 4.90 Å². The maximum absolute atomic E-state index is 5.21. The number of aromatic nitrogens is 3. The number of hydrogen-bond acceptors (Lipinski definition) is 3. The molecule has 0 saturated carbocycles. The first kappa shape index (κ1) is 33.6. The van der Waals surface area contributed by atoms with Gasteiger partial charge in [-0.05, 0) is 76.4 Å². The molecule has 52 heavy (non-hydrogen) atoms. The molecule has 0 amide bonds. The van der Waals surface area contributed by atoms with Crippen molar-refractivity contribution in [2.45, 2.75) is 26.2 Å². The van der Waals surface area contributed by atoms with Gasteiger partial charge in [0.15, 0.2) is 0 Å². The van der Waals surface area contributed by atoms with E-state index in [4.69, 9.17) is 9.97 Å². The summed E-state index contributed by atoms with van der Waals surface area (Å²) in [6, 6.07) is 61.1. The quantitative estimate of drug-likeness (QED) is 0.128. The van der Waals surface area contributed by atoms with Crippen LogP contribution in [0.3, 0.4) is 0 Å². The van der Waals surface area contributed by atoms with Gasteiger partial charge < -0.3 is 14.5 Å². The molecule has 1 aliphatic heterocycles. The molecule has 0 atom stereocenters. The Hall–Kier alpha value is -5.51. The molecule has 4 nitrogen and oxygen atoms in total. The normalized spacial score (nSPS) is 12.3. The van der Waals surface area contributed by atoms with Crippen molar-refractivity contribution in [1.29, 1.82) is 0 Å². The van der Waals surface area contributed by atoms with Gasteiger partial charge >= 0.3 is 21.1 Å². The largest absolute Gasteiger partial charge is 2.00 e. The molecule has 2 aromatic heterocycles. The van der Waals surface area contributed by atoms with Crippen LogP contribution in [0.2, 0.25) is 0 Å². The molecule has 0 bridgehead atoms. The second-order valence-corrected chi connectivity index (χ2v) is 14.1. The summed E-state index contributed by atoms with van der Waals surface area (Å²) in [5.41, 5.74) is 13.8. The van der Waals surface area contributed by atoms with Crippen LogP contribution in [0.4, 0.5) is 17.1 Å². The van der Waals surface area contributed by atoms with Crippen LogP contribution >= 0.6 is 0 Å². The van der Waals surface area contributed by atoms with Gasteiger partial charge in [-0.15, -0.1) is 59.1 Å². The van der Waals surface area contributed by atoms with Crippen molar-refractivity contribution in [2.24, 2.45) is 0 Å².